The number of phenolic OH excluding ortho intramolecular Hbond substituents is 1. The number of aromatic nitrogens is 2. The van der Waals surface area contributed by atoms with Crippen LogP contribution in [0.2, 0.25) is 0 Å². The molecule has 1 fully saturated rings. The lowest BCUT2D eigenvalue weighted by Crippen LogP contribution is -2.18. The van der Waals surface area contributed by atoms with Crippen molar-refractivity contribution < 1.29 is 9.84 Å². The zero-order valence-corrected chi connectivity index (χ0v) is 10.1. The monoisotopic (exact) mass is 244 g/mol. The smallest absolute Gasteiger partial charge is 0.150 e. The molecule has 0 bridgehead atoms. The summed E-state index contributed by atoms with van der Waals surface area (Å²) < 4.78 is 7.56. The molecule has 1 aliphatic heterocycles. The van der Waals surface area contributed by atoms with Gasteiger partial charge in [0, 0.05) is 18.4 Å². The van der Waals surface area contributed by atoms with Crippen LogP contribution < -0.4 is 0 Å². The number of hydrogen-bond donors (Lipinski definition) is 1. The van der Waals surface area contributed by atoms with Crippen LogP contribution in [-0.2, 0) is 4.74 Å². The van der Waals surface area contributed by atoms with Crippen molar-refractivity contribution in [1.82, 2.24) is 9.78 Å². The Balaban J connectivity index is 1.84. The van der Waals surface area contributed by atoms with E-state index in [1.807, 2.05) is 29.1 Å². The second-order valence-corrected chi connectivity index (χ2v) is 4.55. The van der Waals surface area contributed by atoms with Gasteiger partial charge in [0.15, 0.2) is 0 Å². The van der Waals surface area contributed by atoms with Crippen LogP contribution in [0.5, 0.6) is 5.75 Å². The lowest BCUT2D eigenvalue weighted by Gasteiger charge is -2.22. The maximum atomic E-state index is 9.47. The predicted octanol–water partition coefficient (Wildman–Crippen LogP) is 2.95. The molecule has 1 aromatic carbocycles. The molecule has 0 saturated carbocycles. The molecule has 3 rings (SSSR count). The summed E-state index contributed by atoms with van der Waals surface area (Å²) in [5.74, 6) is 0.260. The second-order valence-electron chi connectivity index (χ2n) is 4.55. The molecule has 0 radical (unpaired) electrons. The first-order valence-electron chi connectivity index (χ1n) is 6.29. The first-order valence-corrected chi connectivity index (χ1v) is 6.29. The molecule has 18 heavy (non-hydrogen) atoms. The van der Waals surface area contributed by atoms with Gasteiger partial charge in [-0.25, -0.2) is 4.68 Å². The van der Waals surface area contributed by atoms with E-state index in [-0.39, 0.29) is 12.0 Å². The maximum Gasteiger partial charge on any atom is 0.150 e. The van der Waals surface area contributed by atoms with Gasteiger partial charge in [0.25, 0.3) is 0 Å². The Morgan fingerprint density at radius 1 is 1.28 bits per heavy atom. The number of ether oxygens (including phenoxy) is 1. The van der Waals surface area contributed by atoms with Gasteiger partial charge in [0.2, 0.25) is 0 Å². The summed E-state index contributed by atoms with van der Waals surface area (Å²) in [4.78, 5) is 0. The Morgan fingerprint density at radius 3 is 3.00 bits per heavy atom. The molecule has 0 spiro atoms. The molecular weight excluding hydrogens is 228 g/mol. The van der Waals surface area contributed by atoms with E-state index >= 15 is 0 Å². The quantitative estimate of drug-likeness (QED) is 0.883. The molecule has 1 atom stereocenters. The molecule has 4 heteroatoms. The molecule has 1 saturated heterocycles. The number of rotatable bonds is 2. The molecule has 4 nitrogen and oxygen atoms in total. The average molecular weight is 244 g/mol. The maximum absolute atomic E-state index is 9.47. The molecule has 1 N–H and O–H groups in total. The number of aromatic hydroxyl groups is 1. The third-order valence-electron chi connectivity index (χ3n) is 3.20. The van der Waals surface area contributed by atoms with Crippen LogP contribution in [0.4, 0.5) is 0 Å². The van der Waals surface area contributed by atoms with Crippen molar-refractivity contribution in [2.75, 3.05) is 6.61 Å². The Hall–Kier alpha value is -1.81. The van der Waals surface area contributed by atoms with Crippen LogP contribution in [0.1, 0.15) is 25.5 Å². The lowest BCUT2D eigenvalue weighted by molar-refractivity contribution is -0.0393. The van der Waals surface area contributed by atoms with Crippen LogP contribution >= 0.6 is 0 Å². The zero-order valence-electron chi connectivity index (χ0n) is 10.1. The van der Waals surface area contributed by atoms with E-state index < -0.39 is 0 Å². The summed E-state index contributed by atoms with van der Waals surface area (Å²) in [6.07, 6.45) is 5.34. The third-order valence-corrected chi connectivity index (χ3v) is 3.20. The highest BCUT2D eigenvalue weighted by Crippen LogP contribution is 2.25. The molecule has 94 valence electrons. The van der Waals surface area contributed by atoms with Gasteiger partial charge in [-0.2, -0.15) is 5.10 Å². The standard InChI is InChI=1S/C14H16N2O2/c17-12-5-3-4-11(10-12)13-7-8-16(15-13)14-6-1-2-9-18-14/h3-5,7-8,10,14,17H,1-2,6,9H2. The van der Waals surface area contributed by atoms with E-state index in [2.05, 4.69) is 5.10 Å². The topological polar surface area (TPSA) is 47.3 Å². The van der Waals surface area contributed by atoms with Crippen LogP contribution in [-0.4, -0.2) is 21.5 Å². The van der Waals surface area contributed by atoms with E-state index in [0.717, 1.165) is 30.7 Å². The van der Waals surface area contributed by atoms with Crippen molar-refractivity contribution >= 4 is 0 Å². The fraction of sp³-hybridized carbons (Fsp3) is 0.357. The molecule has 0 aliphatic carbocycles. The van der Waals surface area contributed by atoms with Crippen molar-refractivity contribution in [3.05, 3.63) is 36.5 Å². The Bertz CT molecular complexity index is 530. The Labute approximate surface area is 106 Å². The van der Waals surface area contributed by atoms with Gasteiger partial charge >= 0.3 is 0 Å². The average Bonchev–Trinajstić information content (AvgIpc) is 2.89. The molecule has 2 heterocycles. The molecule has 1 unspecified atom stereocenters. The summed E-state index contributed by atoms with van der Waals surface area (Å²) in [7, 11) is 0. The largest absolute Gasteiger partial charge is 0.508 e. The summed E-state index contributed by atoms with van der Waals surface area (Å²) in [6.45, 7) is 0.811. The van der Waals surface area contributed by atoms with Gasteiger partial charge in [0.1, 0.15) is 12.0 Å². The van der Waals surface area contributed by atoms with E-state index in [9.17, 15) is 5.11 Å². The number of phenols is 1. The minimum absolute atomic E-state index is 0.0600. The van der Waals surface area contributed by atoms with E-state index in [1.165, 1.54) is 6.42 Å². The normalized spacial score (nSPS) is 19.9. The summed E-state index contributed by atoms with van der Waals surface area (Å²) in [5, 5.41) is 14.0. The fourth-order valence-corrected chi connectivity index (χ4v) is 2.25. The van der Waals surface area contributed by atoms with Crippen molar-refractivity contribution in [2.24, 2.45) is 0 Å². The summed E-state index contributed by atoms with van der Waals surface area (Å²) >= 11 is 0. The highest BCUT2D eigenvalue weighted by molar-refractivity contribution is 5.60. The van der Waals surface area contributed by atoms with Crippen molar-refractivity contribution in [3.63, 3.8) is 0 Å². The van der Waals surface area contributed by atoms with Crippen molar-refractivity contribution in [2.45, 2.75) is 25.5 Å². The molecule has 2 aromatic rings. The second kappa shape index (κ2) is 4.82. The Kier molecular flexibility index (Phi) is 3.02. The SMILES string of the molecule is Oc1cccc(-c2ccn(C3CCCCO3)n2)c1. The predicted molar refractivity (Wildman–Crippen MR) is 68.2 cm³/mol. The van der Waals surface area contributed by atoms with Crippen LogP contribution in [0.25, 0.3) is 11.3 Å². The number of benzene rings is 1. The highest BCUT2D eigenvalue weighted by atomic mass is 16.5. The fourth-order valence-electron chi connectivity index (χ4n) is 2.25. The van der Waals surface area contributed by atoms with Gasteiger partial charge in [-0.05, 0) is 37.5 Å². The van der Waals surface area contributed by atoms with Crippen LogP contribution in [0, 0.1) is 0 Å². The Morgan fingerprint density at radius 2 is 2.22 bits per heavy atom. The zero-order chi connectivity index (χ0) is 12.4. The molecule has 1 aliphatic rings. The molecule has 0 amide bonds. The van der Waals surface area contributed by atoms with E-state index in [4.69, 9.17) is 4.74 Å². The summed E-state index contributed by atoms with van der Waals surface area (Å²) in [5.41, 5.74) is 1.78. The van der Waals surface area contributed by atoms with E-state index in [0.29, 0.717) is 0 Å². The van der Waals surface area contributed by atoms with Gasteiger partial charge in [-0.15, -0.1) is 0 Å². The van der Waals surface area contributed by atoms with Gasteiger partial charge in [0.05, 0.1) is 5.69 Å². The minimum atomic E-state index is 0.0600. The van der Waals surface area contributed by atoms with Gasteiger partial charge in [-0.1, -0.05) is 12.1 Å². The van der Waals surface area contributed by atoms with Gasteiger partial charge < -0.3 is 9.84 Å². The third kappa shape index (κ3) is 2.24. The summed E-state index contributed by atoms with van der Waals surface area (Å²) in [6, 6.07) is 9.08. The van der Waals surface area contributed by atoms with Gasteiger partial charge in [-0.3, -0.25) is 0 Å². The highest BCUT2D eigenvalue weighted by Gasteiger charge is 2.16. The first kappa shape index (κ1) is 11.3. The first-order chi connectivity index (χ1) is 8.83. The number of hydrogen-bond acceptors (Lipinski definition) is 3. The van der Waals surface area contributed by atoms with Crippen molar-refractivity contribution in [1.29, 1.82) is 0 Å². The lowest BCUT2D eigenvalue weighted by atomic mass is 10.1. The number of nitrogens with zero attached hydrogens (tertiary/aromatic N) is 2. The van der Waals surface area contributed by atoms with Crippen LogP contribution in [0.15, 0.2) is 36.5 Å². The minimum Gasteiger partial charge on any atom is -0.508 e. The van der Waals surface area contributed by atoms with Crippen molar-refractivity contribution in [3.8, 4) is 17.0 Å². The van der Waals surface area contributed by atoms with E-state index in [1.54, 1.807) is 12.1 Å². The molecular formula is C14H16N2O2. The van der Waals surface area contributed by atoms with Crippen LogP contribution in [0.3, 0.4) is 0 Å². The molecule has 1 aromatic heterocycles.